The normalized spacial score (nSPS) is 10.3. The summed E-state index contributed by atoms with van der Waals surface area (Å²) in [6, 6.07) is 2.78. The van der Waals surface area contributed by atoms with Crippen LogP contribution in [0.2, 0.25) is 10.0 Å². The Morgan fingerprint density at radius 1 is 1.33 bits per heavy atom. The van der Waals surface area contributed by atoms with E-state index in [1.54, 1.807) is 0 Å². The molecule has 0 aliphatic heterocycles. The molecule has 0 aliphatic rings. The topological polar surface area (TPSA) is 0 Å². The van der Waals surface area contributed by atoms with Gasteiger partial charge in [0.15, 0.2) is 0 Å². The summed E-state index contributed by atoms with van der Waals surface area (Å²) < 4.78 is 12.9. The molecule has 1 aromatic rings. The quantitative estimate of drug-likeness (QED) is 0.562. The van der Waals surface area contributed by atoms with E-state index in [0.717, 1.165) is 5.33 Å². The molecule has 0 radical (unpaired) electrons. The summed E-state index contributed by atoms with van der Waals surface area (Å²) in [6.07, 6.45) is 0.634. The minimum Gasteiger partial charge on any atom is -0.205 e. The van der Waals surface area contributed by atoms with Crippen molar-refractivity contribution in [2.45, 2.75) is 6.42 Å². The van der Waals surface area contributed by atoms with Crippen LogP contribution in [0.25, 0.3) is 0 Å². The van der Waals surface area contributed by atoms with Crippen molar-refractivity contribution in [3.8, 4) is 0 Å². The number of hydrogen-bond acceptors (Lipinski definition) is 0. The lowest BCUT2D eigenvalue weighted by molar-refractivity contribution is 0.626. The van der Waals surface area contributed by atoms with Crippen LogP contribution in [0.1, 0.15) is 5.56 Å². The Kier molecular flexibility index (Phi) is 3.81. The molecule has 1 rings (SSSR count). The number of rotatable bonds is 2. The Balaban J connectivity index is 3.14. The second kappa shape index (κ2) is 4.45. The summed E-state index contributed by atoms with van der Waals surface area (Å²) in [4.78, 5) is 0. The van der Waals surface area contributed by atoms with Crippen LogP contribution >= 0.6 is 39.1 Å². The van der Waals surface area contributed by atoms with Crippen molar-refractivity contribution < 1.29 is 4.39 Å². The molecule has 0 fully saturated rings. The van der Waals surface area contributed by atoms with Crippen molar-refractivity contribution in [2.75, 3.05) is 5.33 Å². The standard InChI is InChI=1S/C8H6BrCl2F/c9-4-3-5-6(10)1-2-7(12)8(5)11/h1-2H,3-4H2. The van der Waals surface area contributed by atoms with Crippen LogP contribution in [-0.4, -0.2) is 5.33 Å². The lowest BCUT2D eigenvalue weighted by atomic mass is 10.2. The molecule has 0 bridgehead atoms. The SMILES string of the molecule is Fc1ccc(Cl)c(CCBr)c1Cl. The molecule has 0 saturated heterocycles. The molecule has 1 aromatic carbocycles. The van der Waals surface area contributed by atoms with Gasteiger partial charge < -0.3 is 0 Å². The first-order valence-electron chi connectivity index (χ1n) is 3.35. The first-order valence-corrected chi connectivity index (χ1v) is 5.23. The average Bonchev–Trinajstić information content (AvgIpc) is 2.06. The average molecular weight is 272 g/mol. The summed E-state index contributed by atoms with van der Waals surface area (Å²) in [5.41, 5.74) is 0.662. The fraction of sp³-hybridized carbons (Fsp3) is 0.250. The Morgan fingerprint density at radius 2 is 2.00 bits per heavy atom. The highest BCUT2D eigenvalue weighted by Gasteiger charge is 2.09. The molecule has 0 atom stereocenters. The van der Waals surface area contributed by atoms with E-state index < -0.39 is 5.82 Å². The molecule has 0 unspecified atom stereocenters. The monoisotopic (exact) mass is 270 g/mol. The zero-order valence-electron chi connectivity index (χ0n) is 6.08. The van der Waals surface area contributed by atoms with Crippen molar-refractivity contribution in [3.63, 3.8) is 0 Å². The van der Waals surface area contributed by atoms with E-state index in [1.807, 2.05) is 0 Å². The maximum atomic E-state index is 12.9. The third kappa shape index (κ3) is 2.12. The van der Waals surface area contributed by atoms with Gasteiger partial charge in [0.1, 0.15) is 5.82 Å². The first kappa shape index (κ1) is 10.3. The van der Waals surface area contributed by atoms with E-state index in [-0.39, 0.29) is 5.02 Å². The van der Waals surface area contributed by atoms with Gasteiger partial charge in [0.05, 0.1) is 5.02 Å². The molecule has 0 aromatic heterocycles. The minimum atomic E-state index is -0.419. The van der Waals surface area contributed by atoms with Gasteiger partial charge in [-0.1, -0.05) is 39.1 Å². The maximum absolute atomic E-state index is 12.9. The predicted octanol–water partition coefficient (Wildman–Crippen LogP) is 4.07. The number of alkyl halides is 1. The van der Waals surface area contributed by atoms with Crippen LogP contribution in [0.5, 0.6) is 0 Å². The van der Waals surface area contributed by atoms with E-state index in [1.165, 1.54) is 12.1 Å². The second-order valence-corrected chi connectivity index (χ2v) is 3.84. The van der Waals surface area contributed by atoms with Crippen molar-refractivity contribution in [1.82, 2.24) is 0 Å². The zero-order valence-corrected chi connectivity index (χ0v) is 9.18. The molecule has 66 valence electrons. The molecule has 0 saturated carbocycles. The van der Waals surface area contributed by atoms with Gasteiger partial charge in [0, 0.05) is 10.4 Å². The number of hydrogen-bond donors (Lipinski definition) is 0. The lowest BCUT2D eigenvalue weighted by Gasteiger charge is -2.04. The number of halogens is 4. The van der Waals surface area contributed by atoms with Gasteiger partial charge in [-0.2, -0.15) is 0 Å². The maximum Gasteiger partial charge on any atom is 0.142 e. The van der Waals surface area contributed by atoms with Crippen molar-refractivity contribution in [2.24, 2.45) is 0 Å². The minimum absolute atomic E-state index is 0.127. The fourth-order valence-electron chi connectivity index (χ4n) is 0.893. The van der Waals surface area contributed by atoms with Crippen LogP contribution in [0.15, 0.2) is 12.1 Å². The predicted molar refractivity (Wildman–Crippen MR) is 53.9 cm³/mol. The van der Waals surface area contributed by atoms with Gasteiger partial charge in [-0.05, 0) is 24.1 Å². The Labute approximate surface area is 88.8 Å². The summed E-state index contributed by atoms with van der Waals surface area (Å²) >= 11 is 14.7. The lowest BCUT2D eigenvalue weighted by Crippen LogP contribution is -1.91. The van der Waals surface area contributed by atoms with E-state index in [9.17, 15) is 4.39 Å². The van der Waals surface area contributed by atoms with E-state index in [0.29, 0.717) is 17.0 Å². The van der Waals surface area contributed by atoms with Gasteiger partial charge in [-0.15, -0.1) is 0 Å². The van der Waals surface area contributed by atoms with Crippen LogP contribution in [-0.2, 0) is 6.42 Å². The van der Waals surface area contributed by atoms with E-state index in [2.05, 4.69) is 15.9 Å². The van der Waals surface area contributed by atoms with Crippen LogP contribution in [0.3, 0.4) is 0 Å². The Hall–Kier alpha value is 0.210. The van der Waals surface area contributed by atoms with E-state index in [4.69, 9.17) is 23.2 Å². The molecule has 0 nitrogen and oxygen atoms in total. The highest BCUT2D eigenvalue weighted by atomic mass is 79.9. The van der Waals surface area contributed by atoms with Gasteiger partial charge in [-0.25, -0.2) is 4.39 Å². The summed E-state index contributed by atoms with van der Waals surface area (Å²) in [7, 11) is 0. The molecule has 0 amide bonds. The van der Waals surface area contributed by atoms with E-state index >= 15 is 0 Å². The molecular weight excluding hydrogens is 266 g/mol. The number of benzene rings is 1. The third-order valence-electron chi connectivity index (χ3n) is 1.48. The molecule has 0 spiro atoms. The molecule has 12 heavy (non-hydrogen) atoms. The fourth-order valence-corrected chi connectivity index (χ4v) is 1.85. The summed E-state index contributed by atoms with van der Waals surface area (Å²) in [5, 5.41) is 1.36. The van der Waals surface area contributed by atoms with Crippen LogP contribution in [0, 0.1) is 5.82 Å². The third-order valence-corrected chi connectivity index (χ3v) is 2.64. The Morgan fingerprint density at radius 3 is 2.58 bits per heavy atom. The molecule has 0 heterocycles. The molecule has 4 heteroatoms. The highest BCUT2D eigenvalue weighted by molar-refractivity contribution is 9.09. The zero-order chi connectivity index (χ0) is 9.14. The van der Waals surface area contributed by atoms with Gasteiger partial charge >= 0.3 is 0 Å². The molecular formula is C8H6BrCl2F. The van der Waals surface area contributed by atoms with Gasteiger partial charge in [0.25, 0.3) is 0 Å². The molecule has 0 N–H and O–H groups in total. The van der Waals surface area contributed by atoms with Gasteiger partial charge in [0.2, 0.25) is 0 Å². The molecule has 0 aliphatic carbocycles. The van der Waals surface area contributed by atoms with Crippen LogP contribution < -0.4 is 0 Å². The largest absolute Gasteiger partial charge is 0.205 e. The Bertz CT molecular complexity index is 289. The first-order chi connectivity index (χ1) is 5.66. The van der Waals surface area contributed by atoms with Crippen LogP contribution in [0.4, 0.5) is 4.39 Å². The van der Waals surface area contributed by atoms with Crippen molar-refractivity contribution in [1.29, 1.82) is 0 Å². The van der Waals surface area contributed by atoms with Gasteiger partial charge in [-0.3, -0.25) is 0 Å². The smallest absolute Gasteiger partial charge is 0.142 e. The van der Waals surface area contributed by atoms with Crippen molar-refractivity contribution in [3.05, 3.63) is 33.6 Å². The highest BCUT2D eigenvalue weighted by Crippen LogP contribution is 2.27. The summed E-state index contributed by atoms with van der Waals surface area (Å²) in [6.45, 7) is 0. The second-order valence-electron chi connectivity index (χ2n) is 2.26. The summed E-state index contributed by atoms with van der Waals surface area (Å²) in [5.74, 6) is -0.419. The van der Waals surface area contributed by atoms with Crippen molar-refractivity contribution >= 4 is 39.1 Å².